The summed E-state index contributed by atoms with van der Waals surface area (Å²) in [6, 6.07) is 6.16. The molecule has 2 rings (SSSR count). The summed E-state index contributed by atoms with van der Waals surface area (Å²) in [5, 5.41) is 4.63. The third-order valence-electron chi connectivity index (χ3n) is 3.46. The summed E-state index contributed by atoms with van der Waals surface area (Å²) in [5.41, 5.74) is 4.63. The first-order chi connectivity index (χ1) is 9.71. The summed E-state index contributed by atoms with van der Waals surface area (Å²) in [4.78, 5) is 4.76. The Kier molecular flexibility index (Phi) is 4.83. The second kappa shape index (κ2) is 6.60. The van der Waals surface area contributed by atoms with E-state index < -0.39 is 0 Å². The Morgan fingerprint density at radius 1 is 1.20 bits per heavy atom. The first-order valence-corrected chi connectivity index (χ1v) is 7.51. The zero-order valence-corrected chi connectivity index (χ0v) is 12.9. The van der Waals surface area contributed by atoms with Crippen LogP contribution < -0.4 is 10.1 Å². The third kappa shape index (κ3) is 2.87. The van der Waals surface area contributed by atoms with Crippen molar-refractivity contribution in [3.05, 3.63) is 29.5 Å². The van der Waals surface area contributed by atoms with Crippen LogP contribution in [0.5, 0.6) is 5.75 Å². The predicted molar refractivity (Wildman–Crippen MR) is 85.8 cm³/mol. The van der Waals surface area contributed by atoms with Gasteiger partial charge in [-0.05, 0) is 50.5 Å². The largest absolute Gasteiger partial charge is 0.494 e. The normalized spacial score (nSPS) is 10.8. The first-order valence-electron chi connectivity index (χ1n) is 7.51. The average molecular weight is 272 g/mol. The van der Waals surface area contributed by atoms with Gasteiger partial charge < -0.3 is 10.1 Å². The fraction of sp³-hybridized carbons (Fsp3) is 0.471. The van der Waals surface area contributed by atoms with Crippen molar-refractivity contribution in [1.29, 1.82) is 0 Å². The van der Waals surface area contributed by atoms with Gasteiger partial charge in [-0.1, -0.05) is 13.8 Å². The predicted octanol–water partition coefficient (Wildman–Crippen LogP) is 4.33. The van der Waals surface area contributed by atoms with Gasteiger partial charge >= 0.3 is 0 Å². The van der Waals surface area contributed by atoms with Crippen molar-refractivity contribution in [2.24, 2.45) is 0 Å². The highest BCUT2D eigenvalue weighted by molar-refractivity contribution is 5.94. The van der Waals surface area contributed by atoms with Crippen LogP contribution in [0.1, 0.15) is 38.4 Å². The molecule has 0 bridgehead atoms. The van der Waals surface area contributed by atoms with Crippen LogP contribution in [-0.2, 0) is 6.42 Å². The summed E-state index contributed by atoms with van der Waals surface area (Å²) in [5.74, 6) is 0.920. The molecule has 0 atom stereocenters. The molecule has 0 aliphatic heterocycles. The summed E-state index contributed by atoms with van der Waals surface area (Å²) in [6.45, 7) is 10.2. The van der Waals surface area contributed by atoms with Gasteiger partial charge in [-0.25, -0.2) is 0 Å². The third-order valence-corrected chi connectivity index (χ3v) is 3.46. The molecule has 1 aromatic carbocycles. The molecule has 0 fully saturated rings. The fourth-order valence-corrected chi connectivity index (χ4v) is 2.45. The Morgan fingerprint density at radius 3 is 2.65 bits per heavy atom. The number of aromatic nitrogens is 1. The number of hydrogen-bond donors (Lipinski definition) is 1. The van der Waals surface area contributed by atoms with E-state index in [-0.39, 0.29) is 0 Å². The molecular formula is C17H24N2O. The van der Waals surface area contributed by atoms with E-state index >= 15 is 0 Å². The quantitative estimate of drug-likeness (QED) is 0.850. The monoisotopic (exact) mass is 272 g/mol. The van der Waals surface area contributed by atoms with Crippen molar-refractivity contribution >= 4 is 16.6 Å². The van der Waals surface area contributed by atoms with E-state index in [2.05, 4.69) is 45.1 Å². The van der Waals surface area contributed by atoms with Gasteiger partial charge in [-0.15, -0.1) is 0 Å². The standard InChI is InChI=1S/C17H24N2O/c1-5-10-20-13-8-9-16-14(11-13)17(18-7-3)12(4)15(6-2)19-16/h8-9,11H,5-7,10H2,1-4H3,(H,18,19). The van der Waals surface area contributed by atoms with Crippen molar-refractivity contribution in [3.8, 4) is 5.75 Å². The van der Waals surface area contributed by atoms with Crippen molar-refractivity contribution < 1.29 is 4.74 Å². The minimum absolute atomic E-state index is 0.751. The number of nitrogens with one attached hydrogen (secondary N) is 1. The molecule has 1 heterocycles. The number of hydrogen-bond acceptors (Lipinski definition) is 3. The number of fused-ring (bicyclic) bond motifs is 1. The zero-order valence-electron chi connectivity index (χ0n) is 12.9. The van der Waals surface area contributed by atoms with Crippen LogP contribution in [0.4, 0.5) is 5.69 Å². The minimum atomic E-state index is 0.751. The first kappa shape index (κ1) is 14.6. The number of benzene rings is 1. The van der Waals surface area contributed by atoms with Crippen molar-refractivity contribution in [1.82, 2.24) is 4.98 Å². The van der Waals surface area contributed by atoms with Crippen LogP contribution in [0.15, 0.2) is 18.2 Å². The number of anilines is 1. The molecule has 0 unspecified atom stereocenters. The highest BCUT2D eigenvalue weighted by Gasteiger charge is 2.11. The molecule has 0 aliphatic rings. The minimum Gasteiger partial charge on any atom is -0.494 e. The highest BCUT2D eigenvalue weighted by Crippen LogP contribution is 2.31. The molecule has 1 aromatic heterocycles. The van der Waals surface area contributed by atoms with Gasteiger partial charge in [0.15, 0.2) is 0 Å². The van der Waals surface area contributed by atoms with Gasteiger partial charge in [-0.3, -0.25) is 4.98 Å². The maximum atomic E-state index is 5.74. The lowest BCUT2D eigenvalue weighted by Crippen LogP contribution is -2.04. The lowest BCUT2D eigenvalue weighted by atomic mass is 10.0. The van der Waals surface area contributed by atoms with E-state index in [0.717, 1.165) is 48.3 Å². The number of aryl methyl sites for hydroxylation is 1. The van der Waals surface area contributed by atoms with Crippen LogP contribution in [0.3, 0.4) is 0 Å². The summed E-state index contributed by atoms with van der Waals surface area (Å²) < 4.78 is 5.74. The van der Waals surface area contributed by atoms with E-state index in [1.807, 2.05) is 6.07 Å². The molecule has 1 N–H and O–H groups in total. The summed E-state index contributed by atoms with van der Waals surface area (Å²) in [7, 11) is 0. The molecule has 3 heteroatoms. The van der Waals surface area contributed by atoms with Gasteiger partial charge in [0.05, 0.1) is 12.1 Å². The number of nitrogens with zero attached hydrogens (tertiary/aromatic N) is 1. The smallest absolute Gasteiger partial charge is 0.120 e. The Labute approximate surface area is 121 Å². The molecule has 0 radical (unpaired) electrons. The van der Waals surface area contributed by atoms with E-state index in [9.17, 15) is 0 Å². The lowest BCUT2D eigenvalue weighted by molar-refractivity contribution is 0.318. The fourth-order valence-electron chi connectivity index (χ4n) is 2.45. The maximum Gasteiger partial charge on any atom is 0.120 e. The molecule has 0 aliphatic carbocycles. The number of rotatable bonds is 6. The Hall–Kier alpha value is -1.77. The van der Waals surface area contributed by atoms with Crippen molar-refractivity contribution in [2.75, 3.05) is 18.5 Å². The van der Waals surface area contributed by atoms with E-state index in [4.69, 9.17) is 9.72 Å². The van der Waals surface area contributed by atoms with Crippen LogP contribution in [0.2, 0.25) is 0 Å². The SMILES string of the molecule is CCCOc1ccc2nc(CC)c(C)c(NCC)c2c1. The molecule has 0 saturated heterocycles. The maximum absolute atomic E-state index is 5.74. The Bertz CT molecular complexity index is 593. The van der Waals surface area contributed by atoms with Crippen LogP contribution in [0.25, 0.3) is 10.9 Å². The van der Waals surface area contributed by atoms with Crippen LogP contribution >= 0.6 is 0 Å². The van der Waals surface area contributed by atoms with E-state index in [1.54, 1.807) is 0 Å². The van der Waals surface area contributed by atoms with Crippen molar-refractivity contribution in [2.45, 2.75) is 40.5 Å². The van der Waals surface area contributed by atoms with Gasteiger partial charge in [0.25, 0.3) is 0 Å². The molecule has 0 saturated carbocycles. The van der Waals surface area contributed by atoms with Gasteiger partial charge in [0.2, 0.25) is 0 Å². The van der Waals surface area contributed by atoms with Gasteiger partial charge in [0, 0.05) is 23.3 Å². The highest BCUT2D eigenvalue weighted by atomic mass is 16.5. The second-order valence-electron chi connectivity index (χ2n) is 4.97. The molecule has 108 valence electrons. The van der Waals surface area contributed by atoms with E-state index in [1.165, 1.54) is 11.3 Å². The molecule has 20 heavy (non-hydrogen) atoms. The van der Waals surface area contributed by atoms with E-state index in [0.29, 0.717) is 0 Å². The molecule has 0 amide bonds. The van der Waals surface area contributed by atoms with Crippen LogP contribution in [0, 0.1) is 6.92 Å². The summed E-state index contributed by atoms with van der Waals surface area (Å²) >= 11 is 0. The lowest BCUT2D eigenvalue weighted by Gasteiger charge is -2.15. The second-order valence-corrected chi connectivity index (χ2v) is 4.97. The molecule has 2 aromatic rings. The van der Waals surface area contributed by atoms with Crippen molar-refractivity contribution in [3.63, 3.8) is 0 Å². The van der Waals surface area contributed by atoms with Gasteiger partial charge in [0.1, 0.15) is 5.75 Å². The van der Waals surface area contributed by atoms with Gasteiger partial charge in [-0.2, -0.15) is 0 Å². The Balaban J connectivity index is 2.56. The van der Waals surface area contributed by atoms with Crippen LogP contribution in [-0.4, -0.2) is 18.1 Å². The molecule has 0 spiro atoms. The molecule has 3 nitrogen and oxygen atoms in total. The zero-order chi connectivity index (χ0) is 14.5. The Morgan fingerprint density at radius 2 is 2.00 bits per heavy atom. The molecular weight excluding hydrogens is 248 g/mol. The average Bonchev–Trinajstić information content (AvgIpc) is 2.47. The summed E-state index contributed by atoms with van der Waals surface area (Å²) in [6.07, 6.45) is 1.97. The number of pyridine rings is 1. The number of ether oxygens (including phenoxy) is 1. The topological polar surface area (TPSA) is 34.1 Å².